The molecule has 0 saturated carbocycles. The van der Waals surface area contributed by atoms with Crippen molar-refractivity contribution in [2.45, 2.75) is 11.7 Å². The number of rotatable bonds is 6. The Morgan fingerprint density at radius 3 is 2.69 bits per heavy atom. The van der Waals surface area contributed by atoms with E-state index in [-0.39, 0.29) is 29.1 Å². The lowest BCUT2D eigenvalue weighted by molar-refractivity contribution is -0.144. The number of esters is 1. The Balaban J connectivity index is 1.46. The molecule has 138 valence electrons. The summed E-state index contributed by atoms with van der Waals surface area (Å²) in [5, 5.41) is 4.59. The molecule has 1 aliphatic heterocycles. The smallest absolute Gasteiger partial charge is 0.316 e. The Morgan fingerprint density at radius 2 is 1.92 bits per heavy atom. The Labute approximate surface area is 156 Å². The molecule has 2 aromatic rings. The van der Waals surface area contributed by atoms with Crippen LogP contribution in [0.2, 0.25) is 0 Å². The molecule has 3 rings (SSSR count). The second kappa shape index (κ2) is 8.09. The van der Waals surface area contributed by atoms with E-state index >= 15 is 0 Å². The molecule has 1 amide bonds. The molecule has 1 saturated heterocycles. The molecule has 1 N–H and O–H groups in total. The summed E-state index contributed by atoms with van der Waals surface area (Å²) < 4.78 is 27.7. The summed E-state index contributed by atoms with van der Waals surface area (Å²) in [6.07, 6.45) is 0.557. The van der Waals surface area contributed by atoms with Gasteiger partial charge < -0.3 is 10.1 Å². The predicted molar refractivity (Wildman–Crippen MR) is 103 cm³/mol. The van der Waals surface area contributed by atoms with Crippen molar-refractivity contribution in [2.75, 3.05) is 29.2 Å². The molecular formula is C18H19NO5S2. The fourth-order valence-corrected chi connectivity index (χ4v) is 6.23. The van der Waals surface area contributed by atoms with Gasteiger partial charge in [-0.2, -0.15) is 0 Å². The number of fused-ring (bicyclic) bond motifs is 1. The minimum atomic E-state index is -2.96. The van der Waals surface area contributed by atoms with E-state index in [1.54, 1.807) is 6.07 Å². The molecule has 1 atom stereocenters. The van der Waals surface area contributed by atoms with Crippen LogP contribution < -0.4 is 5.32 Å². The zero-order valence-electron chi connectivity index (χ0n) is 14.0. The minimum absolute atomic E-state index is 0.0434. The number of ether oxygens (including phenoxy) is 1. The van der Waals surface area contributed by atoms with Crippen LogP contribution in [0.15, 0.2) is 42.5 Å². The molecule has 26 heavy (non-hydrogen) atoms. The van der Waals surface area contributed by atoms with Crippen molar-refractivity contribution in [1.29, 1.82) is 0 Å². The number of benzene rings is 2. The van der Waals surface area contributed by atoms with Crippen molar-refractivity contribution in [3.63, 3.8) is 0 Å². The van der Waals surface area contributed by atoms with Gasteiger partial charge in [0.05, 0.1) is 17.3 Å². The van der Waals surface area contributed by atoms with Crippen LogP contribution in [0.25, 0.3) is 10.8 Å². The number of thioether (sulfide) groups is 1. The molecule has 0 spiro atoms. The van der Waals surface area contributed by atoms with Crippen LogP contribution in [0.3, 0.4) is 0 Å². The maximum Gasteiger partial charge on any atom is 0.316 e. The summed E-state index contributed by atoms with van der Waals surface area (Å²) in [6, 6.07) is 13.2. The topological polar surface area (TPSA) is 89.5 Å². The molecule has 6 nitrogen and oxygen atoms in total. The van der Waals surface area contributed by atoms with Gasteiger partial charge in [-0.1, -0.05) is 36.4 Å². The molecule has 1 heterocycles. The molecule has 8 heteroatoms. The standard InChI is InChI=1S/C18H19NO5S2/c20-17(19-16-7-3-5-13-4-1-2-6-15(13)16)10-24-18(21)11-25-14-8-9-26(22,23)12-14/h1-7,14H,8-12H2,(H,19,20)/t14-/m1/s1. The van der Waals surface area contributed by atoms with Crippen molar-refractivity contribution in [3.8, 4) is 0 Å². The van der Waals surface area contributed by atoms with E-state index in [1.807, 2.05) is 36.4 Å². The molecule has 0 aliphatic carbocycles. The largest absolute Gasteiger partial charge is 0.455 e. The highest BCUT2D eigenvalue weighted by atomic mass is 32.2. The van der Waals surface area contributed by atoms with Crippen LogP contribution in [-0.4, -0.2) is 49.4 Å². The van der Waals surface area contributed by atoms with E-state index in [2.05, 4.69) is 5.32 Å². The monoisotopic (exact) mass is 393 g/mol. The molecule has 0 unspecified atom stereocenters. The summed E-state index contributed by atoms with van der Waals surface area (Å²) in [5.41, 5.74) is 0.662. The van der Waals surface area contributed by atoms with Crippen LogP contribution in [-0.2, 0) is 24.2 Å². The number of carbonyl (C=O) groups excluding carboxylic acids is 2. The van der Waals surface area contributed by atoms with E-state index < -0.39 is 21.7 Å². The first-order valence-corrected chi connectivity index (χ1v) is 11.1. The maximum atomic E-state index is 12.0. The normalized spacial score (nSPS) is 18.5. The number of nitrogens with one attached hydrogen (secondary N) is 1. The Morgan fingerprint density at radius 1 is 1.15 bits per heavy atom. The van der Waals surface area contributed by atoms with Gasteiger partial charge in [0.25, 0.3) is 5.91 Å². The number of hydrogen-bond donors (Lipinski definition) is 1. The van der Waals surface area contributed by atoms with Crippen molar-refractivity contribution < 1.29 is 22.7 Å². The SMILES string of the molecule is O=C(COC(=O)CS[C@@H]1CCS(=O)(=O)C1)Nc1cccc2ccccc12. The third-order valence-electron chi connectivity index (χ3n) is 4.06. The van der Waals surface area contributed by atoms with Crippen molar-refractivity contribution in [2.24, 2.45) is 0 Å². The fourth-order valence-electron chi connectivity index (χ4n) is 2.79. The first kappa shape index (κ1) is 18.7. The average Bonchev–Trinajstić information content (AvgIpc) is 2.97. The van der Waals surface area contributed by atoms with E-state index in [4.69, 9.17) is 4.74 Å². The summed E-state index contributed by atoms with van der Waals surface area (Å²) in [4.78, 5) is 23.8. The molecule has 0 aromatic heterocycles. The van der Waals surface area contributed by atoms with Gasteiger partial charge in [-0.15, -0.1) is 11.8 Å². The predicted octanol–water partition coefficient (Wildman–Crippen LogP) is 2.24. The lowest BCUT2D eigenvalue weighted by Gasteiger charge is -2.10. The first-order chi connectivity index (χ1) is 12.4. The quantitative estimate of drug-likeness (QED) is 0.757. The summed E-state index contributed by atoms with van der Waals surface area (Å²) in [7, 11) is -2.96. The van der Waals surface area contributed by atoms with Crippen molar-refractivity contribution in [3.05, 3.63) is 42.5 Å². The molecule has 1 aliphatic rings. The number of carbonyl (C=O) groups is 2. The first-order valence-electron chi connectivity index (χ1n) is 8.18. The van der Waals surface area contributed by atoms with Crippen LogP contribution >= 0.6 is 11.8 Å². The van der Waals surface area contributed by atoms with Gasteiger partial charge in [-0.05, 0) is 17.9 Å². The molecular weight excluding hydrogens is 374 g/mol. The summed E-state index contributed by atoms with van der Waals surface area (Å²) in [6.45, 7) is -0.369. The van der Waals surface area contributed by atoms with Gasteiger partial charge in [-0.3, -0.25) is 9.59 Å². The Bertz CT molecular complexity index is 921. The number of sulfone groups is 1. The van der Waals surface area contributed by atoms with Gasteiger partial charge in [0, 0.05) is 16.3 Å². The van der Waals surface area contributed by atoms with Crippen molar-refractivity contribution in [1.82, 2.24) is 0 Å². The molecule has 1 fully saturated rings. The van der Waals surface area contributed by atoms with E-state index in [0.29, 0.717) is 12.1 Å². The highest BCUT2D eigenvalue weighted by Crippen LogP contribution is 2.24. The third-order valence-corrected chi connectivity index (χ3v) is 7.31. The molecule has 2 aromatic carbocycles. The maximum absolute atomic E-state index is 12.0. The lowest BCUT2D eigenvalue weighted by atomic mass is 10.1. The van der Waals surface area contributed by atoms with Crippen molar-refractivity contribution >= 4 is 49.9 Å². The number of anilines is 1. The zero-order chi connectivity index (χ0) is 18.6. The van der Waals surface area contributed by atoms with Gasteiger partial charge in [0.2, 0.25) is 0 Å². The highest BCUT2D eigenvalue weighted by molar-refractivity contribution is 8.02. The number of amides is 1. The fraction of sp³-hybridized carbons (Fsp3) is 0.333. The van der Waals surface area contributed by atoms with Gasteiger partial charge in [-0.25, -0.2) is 8.42 Å². The Hall–Kier alpha value is -2.06. The minimum Gasteiger partial charge on any atom is -0.455 e. The molecule has 0 radical (unpaired) electrons. The second-order valence-electron chi connectivity index (χ2n) is 6.07. The van der Waals surface area contributed by atoms with E-state index in [9.17, 15) is 18.0 Å². The van der Waals surface area contributed by atoms with E-state index in [1.165, 1.54) is 11.8 Å². The highest BCUT2D eigenvalue weighted by Gasteiger charge is 2.28. The summed E-state index contributed by atoms with van der Waals surface area (Å²) in [5.74, 6) is -0.614. The Kier molecular flexibility index (Phi) is 5.83. The van der Waals surface area contributed by atoms with Gasteiger partial charge in [0.15, 0.2) is 16.4 Å². The zero-order valence-corrected chi connectivity index (χ0v) is 15.6. The van der Waals surface area contributed by atoms with Crippen LogP contribution in [0.4, 0.5) is 5.69 Å². The van der Waals surface area contributed by atoms with Crippen LogP contribution in [0, 0.1) is 0 Å². The number of hydrogen-bond acceptors (Lipinski definition) is 6. The molecule has 0 bridgehead atoms. The van der Waals surface area contributed by atoms with Crippen LogP contribution in [0.5, 0.6) is 0 Å². The van der Waals surface area contributed by atoms with Crippen LogP contribution in [0.1, 0.15) is 6.42 Å². The second-order valence-corrected chi connectivity index (χ2v) is 9.59. The average molecular weight is 393 g/mol. The third kappa shape index (κ3) is 4.98. The summed E-state index contributed by atoms with van der Waals surface area (Å²) >= 11 is 1.27. The van der Waals surface area contributed by atoms with E-state index in [0.717, 1.165) is 10.8 Å². The van der Waals surface area contributed by atoms with Gasteiger partial charge >= 0.3 is 5.97 Å². The van der Waals surface area contributed by atoms with Gasteiger partial charge in [0.1, 0.15) is 0 Å². The lowest BCUT2D eigenvalue weighted by Crippen LogP contribution is -2.22.